The van der Waals surface area contributed by atoms with E-state index in [0.29, 0.717) is 5.69 Å². The number of anilines is 5. The Balaban J connectivity index is 1.61. The Hall–Kier alpha value is -3.02. The average Bonchev–Trinajstić information content (AvgIpc) is 2.79. The standard InChI is InChI=1S/C22H23ClF2N6O2S/c1-30-7-9-31(10-8-30)15-11-14(12-16(13-15)34(2,32)33)27-22-26-6-5-19(29-22)28-18-4-3-17(24)20(23)21(18)25/h3-6,11-13H,7-10H2,1-2H3,(H2,26,27,28,29). The Morgan fingerprint density at radius 3 is 2.47 bits per heavy atom. The van der Waals surface area contributed by atoms with Crippen molar-refractivity contribution >= 4 is 50.3 Å². The Bertz CT molecular complexity index is 1320. The van der Waals surface area contributed by atoms with Crippen LogP contribution in [0.1, 0.15) is 0 Å². The summed E-state index contributed by atoms with van der Waals surface area (Å²) < 4.78 is 52.3. The number of nitrogens with one attached hydrogen (secondary N) is 2. The summed E-state index contributed by atoms with van der Waals surface area (Å²) in [6.45, 7) is 3.27. The summed E-state index contributed by atoms with van der Waals surface area (Å²) in [7, 11) is -1.42. The highest BCUT2D eigenvalue weighted by atomic mass is 35.5. The van der Waals surface area contributed by atoms with Crippen LogP contribution in [0.2, 0.25) is 5.02 Å². The van der Waals surface area contributed by atoms with E-state index in [1.807, 2.05) is 13.1 Å². The van der Waals surface area contributed by atoms with E-state index in [2.05, 4.69) is 30.4 Å². The van der Waals surface area contributed by atoms with Crippen LogP contribution < -0.4 is 15.5 Å². The predicted molar refractivity (Wildman–Crippen MR) is 129 cm³/mol. The molecule has 2 aromatic carbocycles. The van der Waals surface area contributed by atoms with E-state index in [9.17, 15) is 17.2 Å². The molecule has 0 atom stereocenters. The van der Waals surface area contributed by atoms with Gasteiger partial charge < -0.3 is 20.4 Å². The van der Waals surface area contributed by atoms with E-state index in [4.69, 9.17) is 11.6 Å². The van der Waals surface area contributed by atoms with Gasteiger partial charge in [0.15, 0.2) is 15.7 Å². The van der Waals surface area contributed by atoms with Crippen LogP contribution in [0.15, 0.2) is 47.5 Å². The molecule has 12 heteroatoms. The van der Waals surface area contributed by atoms with Gasteiger partial charge in [0, 0.05) is 50.0 Å². The second kappa shape index (κ2) is 9.69. The first-order valence-corrected chi connectivity index (χ1v) is 12.7. The van der Waals surface area contributed by atoms with E-state index in [-0.39, 0.29) is 22.3 Å². The van der Waals surface area contributed by atoms with Crippen molar-refractivity contribution in [2.75, 3.05) is 55.0 Å². The number of halogens is 3. The first-order valence-electron chi connectivity index (χ1n) is 10.4. The summed E-state index contributed by atoms with van der Waals surface area (Å²) >= 11 is 5.64. The number of nitrogens with zero attached hydrogens (tertiary/aromatic N) is 4. The summed E-state index contributed by atoms with van der Waals surface area (Å²) in [5, 5.41) is 5.15. The van der Waals surface area contributed by atoms with Crippen LogP contribution in [0.3, 0.4) is 0 Å². The van der Waals surface area contributed by atoms with Crippen LogP contribution in [-0.2, 0) is 9.84 Å². The summed E-state index contributed by atoms with van der Waals surface area (Å²) in [6, 6.07) is 8.77. The number of hydrogen-bond donors (Lipinski definition) is 2. The molecular formula is C22H23ClF2N6O2S. The normalized spacial score (nSPS) is 14.8. The molecule has 0 unspecified atom stereocenters. The molecule has 1 saturated heterocycles. The quantitative estimate of drug-likeness (QED) is 0.482. The van der Waals surface area contributed by atoms with Gasteiger partial charge >= 0.3 is 0 Å². The summed E-state index contributed by atoms with van der Waals surface area (Å²) in [5.41, 5.74) is 1.22. The number of hydrogen-bond acceptors (Lipinski definition) is 8. The summed E-state index contributed by atoms with van der Waals surface area (Å²) in [6.07, 6.45) is 2.60. The Kier molecular flexibility index (Phi) is 6.87. The number of likely N-dealkylation sites (N-methyl/N-ethyl adjacent to an activating group) is 1. The number of rotatable bonds is 6. The predicted octanol–water partition coefficient (Wildman–Crippen LogP) is 4.05. The van der Waals surface area contributed by atoms with Crippen molar-refractivity contribution in [1.29, 1.82) is 0 Å². The second-order valence-electron chi connectivity index (χ2n) is 8.02. The molecule has 1 aliphatic heterocycles. The number of benzene rings is 2. The van der Waals surface area contributed by atoms with Gasteiger partial charge in [-0.05, 0) is 43.4 Å². The molecule has 0 saturated carbocycles. The van der Waals surface area contributed by atoms with Crippen LogP contribution >= 0.6 is 11.6 Å². The minimum atomic E-state index is -3.47. The van der Waals surface area contributed by atoms with Crippen LogP contribution in [0.5, 0.6) is 0 Å². The molecule has 34 heavy (non-hydrogen) atoms. The van der Waals surface area contributed by atoms with Crippen molar-refractivity contribution in [1.82, 2.24) is 14.9 Å². The maximum atomic E-state index is 14.2. The smallest absolute Gasteiger partial charge is 0.229 e. The van der Waals surface area contributed by atoms with E-state index in [1.54, 1.807) is 6.07 Å². The molecule has 1 aromatic heterocycles. The maximum Gasteiger partial charge on any atom is 0.229 e. The highest BCUT2D eigenvalue weighted by Crippen LogP contribution is 2.29. The fraction of sp³-hybridized carbons (Fsp3) is 0.273. The highest BCUT2D eigenvalue weighted by molar-refractivity contribution is 7.90. The lowest BCUT2D eigenvalue weighted by atomic mass is 10.2. The lowest BCUT2D eigenvalue weighted by molar-refractivity contribution is 0.313. The third kappa shape index (κ3) is 5.54. The fourth-order valence-corrected chi connectivity index (χ4v) is 4.34. The van der Waals surface area contributed by atoms with E-state index < -0.39 is 26.5 Å². The zero-order chi connectivity index (χ0) is 24.5. The Morgan fingerprint density at radius 2 is 1.76 bits per heavy atom. The number of piperazine rings is 1. The molecule has 0 bridgehead atoms. The zero-order valence-corrected chi connectivity index (χ0v) is 20.1. The van der Waals surface area contributed by atoms with E-state index in [1.165, 1.54) is 24.4 Å². The van der Waals surface area contributed by atoms with Crippen molar-refractivity contribution in [2.45, 2.75) is 4.90 Å². The minimum Gasteiger partial charge on any atom is -0.369 e. The molecule has 4 rings (SSSR count). The van der Waals surface area contributed by atoms with Gasteiger partial charge in [-0.2, -0.15) is 4.98 Å². The molecule has 1 aliphatic rings. The maximum absolute atomic E-state index is 14.2. The largest absolute Gasteiger partial charge is 0.369 e. The third-order valence-corrected chi connectivity index (χ3v) is 6.84. The SMILES string of the molecule is CN1CCN(c2cc(Nc3nccc(Nc4ccc(F)c(Cl)c4F)n3)cc(S(C)(=O)=O)c2)CC1. The van der Waals surface area contributed by atoms with Crippen LogP contribution in [0.25, 0.3) is 0 Å². The van der Waals surface area contributed by atoms with Crippen molar-refractivity contribution in [3.05, 3.63) is 59.3 Å². The second-order valence-corrected chi connectivity index (χ2v) is 10.4. The molecule has 1 fully saturated rings. The third-order valence-electron chi connectivity index (χ3n) is 5.40. The van der Waals surface area contributed by atoms with Crippen molar-refractivity contribution in [2.24, 2.45) is 0 Å². The van der Waals surface area contributed by atoms with Gasteiger partial charge in [0.1, 0.15) is 16.7 Å². The van der Waals surface area contributed by atoms with E-state index >= 15 is 0 Å². The van der Waals surface area contributed by atoms with Crippen molar-refractivity contribution in [3.63, 3.8) is 0 Å². The Morgan fingerprint density at radius 1 is 1.03 bits per heavy atom. The number of sulfone groups is 1. The Labute approximate surface area is 201 Å². The summed E-state index contributed by atoms with van der Waals surface area (Å²) in [5.74, 6) is -1.41. The van der Waals surface area contributed by atoms with Gasteiger partial charge in [0.25, 0.3) is 0 Å². The first kappa shape index (κ1) is 24.1. The average molecular weight is 509 g/mol. The van der Waals surface area contributed by atoms with Crippen molar-refractivity contribution in [3.8, 4) is 0 Å². The molecule has 2 N–H and O–H groups in total. The lowest BCUT2D eigenvalue weighted by Crippen LogP contribution is -2.44. The molecule has 0 amide bonds. The van der Waals surface area contributed by atoms with Gasteiger partial charge in [-0.15, -0.1) is 0 Å². The first-order chi connectivity index (χ1) is 16.1. The van der Waals surface area contributed by atoms with Crippen LogP contribution in [0, 0.1) is 11.6 Å². The van der Waals surface area contributed by atoms with Gasteiger partial charge in [0.05, 0.1) is 10.6 Å². The monoisotopic (exact) mass is 508 g/mol. The highest BCUT2D eigenvalue weighted by Gasteiger charge is 2.18. The number of aromatic nitrogens is 2. The molecule has 0 spiro atoms. The molecule has 0 radical (unpaired) electrons. The minimum absolute atomic E-state index is 0.0486. The zero-order valence-electron chi connectivity index (χ0n) is 18.5. The van der Waals surface area contributed by atoms with Gasteiger partial charge in [-0.25, -0.2) is 22.2 Å². The van der Waals surface area contributed by atoms with Crippen LogP contribution in [0.4, 0.5) is 37.6 Å². The molecule has 8 nitrogen and oxygen atoms in total. The fourth-order valence-electron chi connectivity index (χ4n) is 3.49. The van der Waals surface area contributed by atoms with Gasteiger partial charge in [-0.3, -0.25) is 0 Å². The molecule has 0 aliphatic carbocycles. The molecular weight excluding hydrogens is 486 g/mol. The topological polar surface area (TPSA) is 90.5 Å². The lowest BCUT2D eigenvalue weighted by Gasteiger charge is -2.34. The van der Waals surface area contributed by atoms with Gasteiger partial charge in [0.2, 0.25) is 5.95 Å². The summed E-state index contributed by atoms with van der Waals surface area (Å²) in [4.78, 5) is 13.0. The molecule has 180 valence electrons. The van der Waals surface area contributed by atoms with Crippen molar-refractivity contribution < 1.29 is 17.2 Å². The van der Waals surface area contributed by atoms with Gasteiger partial charge in [-0.1, -0.05) is 11.6 Å². The van der Waals surface area contributed by atoms with E-state index in [0.717, 1.165) is 44.2 Å². The molecule has 3 aromatic rings. The van der Waals surface area contributed by atoms with Crippen LogP contribution in [-0.4, -0.2) is 62.8 Å². The molecule has 2 heterocycles.